The lowest BCUT2D eigenvalue weighted by Crippen LogP contribution is -2.15. The van der Waals surface area contributed by atoms with Gasteiger partial charge in [-0.15, -0.1) is 5.10 Å². The second-order valence-corrected chi connectivity index (χ2v) is 4.10. The van der Waals surface area contributed by atoms with Gasteiger partial charge in [0.25, 0.3) is 11.3 Å². The fraction of sp³-hybridized carbons (Fsp3) is 0.0667. The first kappa shape index (κ1) is 11.5. The van der Waals surface area contributed by atoms with Crippen molar-refractivity contribution in [3.05, 3.63) is 64.8 Å². The zero-order chi connectivity index (χ0) is 13.2. The highest BCUT2D eigenvalue weighted by atomic mass is 16.5. The minimum atomic E-state index is -0.190. The van der Waals surface area contributed by atoms with Crippen LogP contribution in [-0.2, 0) is 0 Å². The van der Waals surface area contributed by atoms with Crippen LogP contribution in [0.2, 0.25) is 0 Å². The van der Waals surface area contributed by atoms with E-state index in [2.05, 4.69) is 5.10 Å². The Bertz CT molecular complexity index is 779. The summed E-state index contributed by atoms with van der Waals surface area (Å²) in [6, 6.07) is 17.0. The van der Waals surface area contributed by atoms with E-state index >= 15 is 0 Å². The first-order chi connectivity index (χ1) is 9.31. The minimum absolute atomic E-state index is 0.0996. The molecule has 1 heterocycles. The number of hydrogen-bond acceptors (Lipinski definition) is 3. The lowest BCUT2D eigenvalue weighted by molar-refractivity contribution is 0.385. The van der Waals surface area contributed by atoms with E-state index in [4.69, 9.17) is 4.74 Å². The molecule has 0 spiro atoms. The fourth-order valence-corrected chi connectivity index (χ4v) is 2.06. The molecule has 0 fully saturated rings. The Morgan fingerprint density at radius 3 is 2.42 bits per heavy atom. The van der Waals surface area contributed by atoms with Gasteiger partial charge < -0.3 is 4.74 Å². The Balaban J connectivity index is 2.42. The van der Waals surface area contributed by atoms with Gasteiger partial charge in [0, 0.05) is 0 Å². The van der Waals surface area contributed by atoms with Crippen LogP contribution in [0.1, 0.15) is 0 Å². The number of hydrogen-bond donors (Lipinski definition) is 0. The molecule has 0 aliphatic heterocycles. The quantitative estimate of drug-likeness (QED) is 0.703. The monoisotopic (exact) mass is 252 g/mol. The van der Waals surface area contributed by atoms with Gasteiger partial charge in [-0.3, -0.25) is 4.79 Å². The fourth-order valence-electron chi connectivity index (χ4n) is 2.06. The van der Waals surface area contributed by atoms with E-state index in [-0.39, 0.29) is 11.3 Å². The number of para-hydroxylation sites is 2. The molecule has 94 valence electrons. The van der Waals surface area contributed by atoms with Gasteiger partial charge in [-0.2, -0.15) is 0 Å². The molecule has 1 aromatic heterocycles. The standard InChI is InChI=1S/C15H12N2O2/c1-19-15-14(18)12-9-5-6-10-13(12)17(16-15)11-7-3-2-4-8-11/h2-10H,1H3. The molecule has 19 heavy (non-hydrogen) atoms. The van der Waals surface area contributed by atoms with Gasteiger partial charge in [-0.05, 0) is 24.3 Å². The molecule has 4 nitrogen and oxygen atoms in total. The van der Waals surface area contributed by atoms with Gasteiger partial charge in [0.15, 0.2) is 0 Å². The van der Waals surface area contributed by atoms with Crippen molar-refractivity contribution in [1.29, 1.82) is 0 Å². The molecule has 0 unspecified atom stereocenters. The van der Waals surface area contributed by atoms with Crippen LogP contribution in [-0.4, -0.2) is 16.9 Å². The summed E-state index contributed by atoms with van der Waals surface area (Å²) in [5.41, 5.74) is 1.46. The summed E-state index contributed by atoms with van der Waals surface area (Å²) in [5.74, 6) is 0.0996. The van der Waals surface area contributed by atoms with Gasteiger partial charge in [0.1, 0.15) is 0 Å². The summed E-state index contributed by atoms with van der Waals surface area (Å²) in [6.07, 6.45) is 0. The van der Waals surface area contributed by atoms with Crippen LogP contribution in [0.15, 0.2) is 59.4 Å². The minimum Gasteiger partial charge on any atom is -0.477 e. The Labute approximate surface area is 109 Å². The van der Waals surface area contributed by atoms with Crippen molar-refractivity contribution in [1.82, 2.24) is 9.78 Å². The van der Waals surface area contributed by atoms with E-state index in [1.807, 2.05) is 48.5 Å². The van der Waals surface area contributed by atoms with Crippen LogP contribution >= 0.6 is 0 Å². The van der Waals surface area contributed by atoms with Gasteiger partial charge in [-0.1, -0.05) is 30.3 Å². The molecule has 0 aliphatic carbocycles. The Hall–Kier alpha value is -2.62. The molecule has 0 N–H and O–H groups in total. The summed E-state index contributed by atoms with van der Waals surface area (Å²) >= 11 is 0. The summed E-state index contributed by atoms with van der Waals surface area (Å²) in [6.45, 7) is 0. The topological polar surface area (TPSA) is 44.1 Å². The van der Waals surface area contributed by atoms with Crippen molar-refractivity contribution in [3.8, 4) is 11.6 Å². The Morgan fingerprint density at radius 1 is 1.00 bits per heavy atom. The van der Waals surface area contributed by atoms with Crippen molar-refractivity contribution in [2.24, 2.45) is 0 Å². The van der Waals surface area contributed by atoms with Crippen LogP contribution in [0.25, 0.3) is 16.6 Å². The SMILES string of the molecule is COc1nn(-c2ccccc2)c2ccccc2c1=O. The highest BCUT2D eigenvalue weighted by molar-refractivity contribution is 5.80. The molecule has 0 saturated carbocycles. The van der Waals surface area contributed by atoms with E-state index < -0.39 is 0 Å². The predicted molar refractivity (Wildman–Crippen MR) is 73.9 cm³/mol. The molecular weight excluding hydrogens is 240 g/mol. The van der Waals surface area contributed by atoms with E-state index in [0.29, 0.717) is 5.39 Å². The molecule has 3 rings (SSSR count). The van der Waals surface area contributed by atoms with Crippen molar-refractivity contribution < 1.29 is 4.74 Å². The summed E-state index contributed by atoms with van der Waals surface area (Å²) in [5, 5.41) is 4.87. The van der Waals surface area contributed by atoms with Gasteiger partial charge >= 0.3 is 0 Å². The summed E-state index contributed by atoms with van der Waals surface area (Å²) in [7, 11) is 1.45. The van der Waals surface area contributed by atoms with Crippen LogP contribution in [0.4, 0.5) is 0 Å². The molecule has 3 aromatic rings. The summed E-state index contributed by atoms with van der Waals surface area (Å²) in [4.78, 5) is 12.1. The van der Waals surface area contributed by atoms with E-state index in [1.165, 1.54) is 7.11 Å². The molecule has 0 atom stereocenters. The number of methoxy groups -OCH3 is 1. The lowest BCUT2D eigenvalue weighted by Gasteiger charge is -2.11. The average Bonchev–Trinajstić information content (AvgIpc) is 2.49. The second-order valence-electron chi connectivity index (χ2n) is 4.10. The molecule has 2 aromatic carbocycles. The molecule has 0 radical (unpaired) electrons. The Kier molecular flexibility index (Phi) is 2.76. The molecular formula is C15H12N2O2. The number of ether oxygens (including phenoxy) is 1. The number of aromatic nitrogens is 2. The van der Waals surface area contributed by atoms with Crippen molar-refractivity contribution in [3.63, 3.8) is 0 Å². The van der Waals surface area contributed by atoms with Gasteiger partial charge in [0.2, 0.25) is 0 Å². The van der Waals surface area contributed by atoms with Crippen molar-refractivity contribution in [2.45, 2.75) is 0 Å². The molecule has 0 bridgehead atoms. The number of nitrogens with zero attached hydrogens (tertiary/aromatic N) is 2. The third-order valence-electron chi connectivity index (χ3n) is 2.96. The average molecular weight is 252 g/mol. The third-order valence-corrected chi connectivity index (χ3v) is 2.96. The van der Waals surface area contributed by atoms with Crippen molar-refractivity contribution >= 4 is 10.9 Å². The lowest BCUT2D eigenvalue weighted by atomic mass is 10.2. The highest BCUT2D eigenvalue weighted by Gasteiger charge is 2.11. The molecule has 0 saturated heterocycles. The first-order valence-corrected chi connectivity index (χ1v) is 5.93. The maximum Gasteiger partial charge on any atom is 0.280 e. The van der Waals surface area contributed by atoms with E-state index in [0.717, 1.165) is 11.2 Å². The summed E-state index contributed by atoms with van der Waals surface area (Å²) < 4.78 is 6.79. The molecule has 0 aliphatic rings. The van der Waals surface area contributed by atoms with Crippen LogP contribution in [0.5, 0.6) is 5.88 Å². The molecule has 0 amide bonds. The number of fused-ring (bicyclic) bond motifs is 1. The van der Waals surface area contributed by atoms with Crippen LogP contribution in [0.3, 0.4) is 0 Å². The Morgan fingerprint density at radius 2 is 1.68 bits per heavy atom. The van der Waals surface area contributed by atoms with E-state index in [1.54, 1.807) is 10.7 Å². The van der Waals surface area contributed by atoms with Crippen LogP contribution in [0, 0.1) is 0 Å². The largest absolute Gasteiger partial charge is 0.477 e. The smallest absolute Gasteiger partial charge is 0.280 e. The van der Waals surface area contributed by atoms with Crippen molar-refractivity contribution in [2.75, 3.05) is 7.11 Å². The number of benzene rings is 2. The maximum atomic E-state index is 12.1. The predicted octanol–water partition coefficient (Wildman–Crippen LogP) is 2.39. The van der Waals surface area contributed by atoms with Gasteiger partial charge in [-0.25, -0.2) is 4.68 Å². The zero-order valence-electron chi connectivity index (χ0n) is 10.4. The zero-order valence-corrected chi connectivity index (χ0v) is 10.4. The normalized spacial score (nSPS) is 10.6. The number of rotatable bonds is 2. The highest BCUT2D eigenvalue weighted by Crippen LogP contribution is 2.16. The van der Waals surface area contributed by atoms with E-state index in [9.17, 15) is 4.79 Å². The third kappa shape index (κ3) is 1.87. The van der Waals surface area contributed by atoms with Crippen LogP contribution < -0.4 is 10.2 Å². The van der Waals surface area contributed by atoms with Gasteiger partial charge in [0.05, 0.1) is 23.7 Å². The second kappa shape index (κ2) is 4.57. The first-order valence-electron chi connectivity index (χ1n) is 5.93. The maximum absolute atomic E-state index is 12.1. The molecule has 4 heteroatoms.